The largest absolute Gasteiger partial charge is 0.461 e. The fraction of sp³-hybridized carbons (Fsp3) is 0.273. The number of nitrogens with zero attached hydrogens (tertiary/aromatic N) is 3. The topological polar surface area (TPSA) is 86.1 Å². The van der Waals surface area contributed by atoms with E-state index in [2.05, 4.69) is 36.4 Å². The Hall–Kier alpha value is -3.26. The van der Waals surface area contributed by atoms with Gasteiger partial charge in [0.05, 0.1) is 17.3 Å². The molecule has 3 rings (SSSR count). The molecule has 0 aliphatic rings. The molecule has 1 heterocycles. The van der Waals surface area contributed by atoms with E-state index in [0.717, 1.165) is 11.6 Å². The van der Waals surface area contributed by atoms with Gasteiger partial charge in [0.2, 0.25) is 5.69 Å². The summed E-state index contributed by atoms with van der Waals surface area (Å²) in [6, 6.07) is 11.0. The predicted octanol–water partition coefficient (Wildman–Crippen LogP) is 4.79. The molecule has 7 nitrogen and oxygen atoms in total. The molecular formula is C22H22ClFN4O3. The van der Waals surface area contributed by atoms with Crippen LogP contribution >= 0.6 is 11.6 Å². The number of esters is 1. The third kappa shape index (κ3) is 4.91. The van der Waals surface area contributed by atoms with Gasteiger partial charge in [-0.25, -0.2) is 9.18 Å². The smallest absolute Gasteiger partial charge is 0.362 e. The van der Waals surface area contributed by atoms with Crippen LogP contribution in [0.15, 0.2) is 42.5 Å². The number of carbonyl (C=O) groups excluding carboxylic acids is 2. The Morgan fingerprint density at radius 2 is 1.84 bits per heavy atom. The van der Waals surface area contributed by atoms with Crippen molar-refractivity contribution >= 4 is 29.3 Å². The second-order valence-electron chi connectivity index (χ2n) is 7.80. The molecule has 9 heteroatoms. The molecule has 0 atom stereocenters. The summed E-state index contributed by atoms with van der Waals surface area (Å²) in [5, 5.41) is 10.3. The van der Waals surface area contributed by atoms with Crippen molar-refractivity contribution < 1.29 is 18.7 Å². The monoisotopic (exact) mass is 444 g/mol. The van der Waals surface area contributed by atoms with E-state index in [1.54, 1.807) is 19.1 Å². The Bertz CT molecular complexity index is 1120. The first-order valence-corrected chi connectivity index (χ1v) is 9.99. The summed E-state index contributed by atoms with van der Waals surface area (Å²) in [5.41, 5.74) is 1.53. The lowest BCUT2D eigenvalue weighted by Crippen LogP contribution is -2.19. The molecule has 0 saturated heterocycles. The molecule has 0 aliphatic carbocycles. The zero-order valence-electron chi connectivity index (χ0n) is 17.6. The summed E-state index contributed by atoms with van der Waals surface area (Å²) in [5.74, 6) is -1.84. The maximum Gasteiger partial charge on any atom is 0.362 e. The maximum absolute atomic E-state index is 13.6. The number of anilines is 1. The van der Waals surface area contributed by atoms with E-state index in [0.29, 0.717) is 11.3 Å². The highest BCUT2D eigenvalue weighted by molar-refractivity contribution is 6.30. The number of carbonyl (C=O) groups is 2. The molecule has 0 aliphatic heterocycles. The molecule has 1 aromatic heterocycles. The molecule has 0 saturated carbocycles. The lowest BCUT2D eigenvalue weighted by atomic mass is 9.87. The van der Waals surface area contributed by atoms with Gasteiger partial charge in [0, 0.05) is 5.56 Å². The van der Waals surface area contributed by atoms with Crippen molar-refractivity contribution in [3.05, 3.63) is 70.1 Å². The van der Waals surface area contributed by atoms with Gasteiger partial charge in [0.15, 0.2) is 5.82 Å². The van der Waals surface area contributed by atoms with Crippen molar-refractivity contribution in [2.45, 2.75) is 33.1 Å². The molecule has 0 radical (unpaired) electrons. The highest BCUT2D eigenvalue weighted by atomic mass is 35.5. The number of aromatic nitrogens is 3. The molecule has 0 fully saturated rings. The summed E-state index contributed by atoms with van der Waals surface area (Å²) in [4.78, 5) is 25.2. The lowest BCUT2D eigenvalue weighted by Gasteiger charge is -2.19. The highest BCUT2D eigenvalue weighted by Gasteiger charge is 2.24. The molecule has 0 spiro atoms. The minimum Gasteiger partial charge on any atom is -0.461 e. The molecule has 0 bridgehead atoms. The first kappa shape index (κ1) is 22.4. The van der Waals surface area contributed by atoms with Crippen LogP contribution in [0.2, 0.25) is 5.02 Å². The van der Waals surface area contributed by atoms with Gasteiger partial charge < -0.3 is 10.1 Å². The summed E-state index contributed by atoms with van der Waals surface area (Å²) in [6.07, 6.45) is 0. The van der Waals surface area contributed by atoms with Crippen molar-refractivity contribution in [1.82, 2.24) is 15.0 Å². The van der Waals surface area contributed by atoms with Gasteiger partial charge in [0.25, 0.3) is 5.91 Å². The number of ether oxygens (including phenoxy) is 1. The molecule has 1 N–H and O–H groups in total. The molecular weight excluding hydrogens is 423 g/mol. The van der Waals surface area contributed by atoms with Crippen LogP contribution < -0.4 is 5.32 Å². The molecule has 162 valence electrons. The van der Waals surface area contributed by atoms with Crippen molar-refractivity contribution in [2.24, 2.45) is 0 Å². The van der Waals surface area contributed by atoms with E-state index < -0.39 is 17.7 Å². The molecule has 3 aromatic rings. The predicted molar refractivity (Wildman–Crippen MR) is 115 cm³/mol. The highest BCUT2D eigenvalue weighted by Crippen LogP contribution is 2.25. The first-order valence-electron chi connectivity index (χ1n) is 9.62. The second-order valence-corrected chi connectivity index (χ2v) is 8.21. The molecule has 0 unspecified atom stereocenters. The number of halogens is 2. The van der Waals surface area contributed by atoms with Crippen molar-refractivity contribution in [3.63, 3.8) is 0 Å². The van der Waals surface area contributed by atoms with Crippen molar-refractivity contribution in [3.8, 4) is 5.69 Å². The third-order valence-electron chi connectivity index (χ3n) is 4.53. The quantitative estimate of drug-likeness (QED) is 0.572. The molecule has 31 heavy (non-hydrogen) atoms. The van der Waals surface area contributed by atoms with E-state index >= 15 is 0 Å². The number of rotatable bonds is 5. The van der Waals surface area contributed by atoms with Gasteiger partial charge in [-0.3, -0.25) is 4.79 Å². The minimum atomic E-state index is -0.750. The van der Waals surface area contributed by atoms with E-state index in [9.17, 15) is 14.0 Å². The number of nitrogens with one attached hydrogen (secondary N) is 1. The third-order valence-corrected chi connectivity index (χ3v) is 4.82. The minimum absolute atomic E-state index is 0.00831. The second kappa shape index (κ2) is 8.85. The van der Waals surface area contributed by atoms with Crippen LogP contribution in [-0.4, -0.2) is 33.5 Å². The number of hydrogen-bond acceptors (Lipinski definition) is 5. The maximum atomic E-state index is 13.6. The normalized spacial score (nSPS) is 11.3. The van der Waals surface area contributed by atoms with Crippen LogP contribution in [0.25, 0.3) is 5.69 Å². The van der Waals surface area contributed by atoms with Crippen LogP contribution in [0, 0.1) is 5.82 Å². The zero-order valence-corrected chi connectivity index (χ0v) is 18.3. The van der Waals surface area contributed by atoms with Crippen LogP contribution in [0.4, 0.5) is 10.2 Å². The van der Waals surface area contributed by atoms with Gasteiger partial charge in [0.1, 0.15) is 5.82 Å². The van der Waals surface area contributed by atoms with E-state index in [1.807, 2.05) is 12.1 Å². The average Bonchev–Trinajstić information content (AvgIpc) is 3.13. The van der Waals surface area contributed by atoms with E-state index in [-0.39, 0.29) is 28.6 Å². The van der Waals surface area contributed by atoms with Gasteiger partial charge in [-0.2, -0.15) is 4.68 Å². The lowest BCUT2D eigenvalue weighted by molar-refractivity contribution is 0.0520. The van der Waals surface area contributed by atoms with Gasteiger partial charge >= 0.3 is 5.97 Å². The average molecular weight is 445 g/mol. The Labute approximate surface area is 184 Å². The summed E-state index contributed by atoms with van der Waals surface area (Å²) in [6.45, 7) is 8.00. The van der Waals surface area contributed by atoms with Gasteiger partial charge in [-0.1, -0.05) is 49.7 Å². The van der Waals surface area contributed by atoms with Crippen LogP contribution in [0.5, 0.6) is 0 Å². The van der Waals surface area contributed by atoms with Crippen LogP contribution in [0.3, 0.4) is 0 Å². The Kier molecular flexibility index (Phi) is 6.40. The zero-order chi connectivity index (χ0) is 22.8. The number of benzene rings is 2. The van der Waals surface area contributed by atoms with Crippen molar-refractivity contribution in [1.29, 1.82) is 0 Å². The van der Waals surface area contributed by atoms with E-state index in [1.165, 1.54) is 16.8 Å². The number of hydrogen-bond donors (Lipinski definition) is 1. The Morgan fingerprint density at radius 3 is 2.42 bits per heavy atom. The molecule has 1 amide bonds. The standard InChI is InChI=1S/C22H22ClFN4O3/c1-5-31-21(30)18-19(28(27-26-18)15-10-11-17(24)16(23)12-15)25-20(29)13-6-8-14(9-7-13)22(2,3)4/h6-12H,5H2,1-4H3,(H,25,29). The summed E-state index contributed by atoms with van der Waals surface area (Å²) in [7, 11) is 0. The van der Waals surface area contributed by atoms with E-state index in [4.69, 9.17) is 16.3 Å². The van der Waals surface area contributed by atoms with Gasteiger partial charge in [-0.05, 0) is 48.2 Å². The summed E-state index contributed by atoms with van der Waals surface area (Å²) < 4.78 is 19.8. The Balaban J connectivity index is 1.99. The van der Waals surface area contributed by atoms with Gasteiger partial charge in [-0.15, -0.1) is 5.10 Å². The van der Waals surface area contributed by atoms with Crippen LogP contribution in [0.1, 0.15) is 54.1 Å². The molecule has 2 aromatic carbocycles. The fourth-order valence-corrected chi connectivity index (χ4v) is 3.00. The van der Waals surface area contributed by atoms with Crippen molar-refractivity contribution in [2.75, 3.05) is 11.9 Å². The van der Waals surface area contributed by atoms with Crippen LogP contribution in [-0.2, 0) is 10.2 Å². The fourth-order valence-electron chi connectivity index (χ4n) is 2.83. The Morgan fingerprint density at radius 1 is 1.16 bits per heavy atom. The number of amides is 1. The SMILES string of the molecule is CCOC(=O)c1nnn(-c2ccc(F)c(Cl)c2)c1NC(=O)c1ccc(C(C)(C)C)cc1. The first-order chi connectivity index (χ1) is 14.6. The summed E-state index contributed by atoms with van der Waals surface area (Å²) >= 11 is 5.87.